The highest BCUT2D eigenvalue weighted by atomic mass is 35.5. The first kappa shape index (κ1) is 21.2. The Morgan fingerprint density at radius 3 is 2.42 bits per heavy atom. The highest BCUT2D eigenvalue weighted by Crippen LogP contribution is 2.29. The first-order chi connectivity index (χ1) is 15.0. The van der Waals surface area contributed by atoms with Crippen LogP contribution in [0.1, 0.15) is 34.5 Å². The van der Waals surface area contributed by atoms with Crippen LogP contribution in [-0.4, -0.2) is 38.8 Å². The Balaban J connectivity index is 1.54. The molecular formula is C25H26ClN3O2. The molecule has 3 aromatic rings. The molecule has 0 bridgehead atoms. The molecule has 2 amide bonds. The monoisotopic (exact) mass is 435 g/mol. The molecule has 1 aliphatic carbocycles. The van der Waals surface area contributed by atoms with Crippen LogP contribution in [-0.2, 0) is 24.9 Å². The summed E-state index contributed by atoms with van der Waals surface area (Å²) in [5.74, 6) is -0.204. The van der Waals surface area contributed by atoms with Crippen LogP contribution in [0.15, 0.2) is 72.9 Å². The minimum absolute atomic E-state index is 0.0627. The Morgan fingerprint density at radius 2 is 1.77 bits per heavy atom. The number of amides is 2. The number of carbonyl (C=O) groups excluding carboxylic acids is 2. The van der Waals surface area contributed by atoms with Gasteiger partial charge in [0.1, 0.15) is 6.54 Å². The van der Waals surface area contributed by atoms with E-state index in [9.17, 15) is 9.59 Å². The molecule has 1 fully saturated rings. The lowest BCUT2D eigenvalue weighted by molar-refractivity contribution is -0.133. The molecule has 0 spiro atoms. The topological polar surface area (TPSA) is 45.6 Å². The molecule has 1 heterocycles. The molecule has 2 aromatic carbocycles. The molecule has 4 rings (SSSR count). The molecule has 1 aromatic heterocycles. The van der Waals surface area contributed by atoms with E-state index in [2.05, 4.69) is 0 Å². The fourth-order valence-corrected chi connectivity index (χ4v) is 3.87. The minimum Gasteiger partial charge on any atom is -0.353 e. The van der Waals surface area contributed by atoms with Gasteiger partial charge in [-0.2, -0.15) is 0 Å². The molecule has 0 aliphatic heterocycles. The van der Waals surface area contributed by atoms with Crippen molar-refractivity contribution in [1.29, 1.82) is 0 Å². The molecule has 6 heteroatoms. The molecule has 31 heavy (non-hydrogen) atoms. The molecule has 0 saturated heterocycles. The Morgan fingerprint density at radius 1 is 1.00 bits per heavy atom. The minimum atomic E-state index is -0.142. The van der Waals surface area contributed by atoms with Crippen LogP contribution in [0.5, 0.6) is 0 Å². The summed E-state index contributed by atoms with van der Waals surface area (Å²) in [4.78, 5) is 30.1. The van der Waals surface area contributed by atoms with Gasteiger partial charge >= 0.3 is 0 Å². The van der Waals surface area contributed by atoms with E-state index in [1.807, 2.05) is 65.2 Å². The zero-order valence-corrected chi connectivity index (χ0v) is 18.3. The third kappa shape index (κ3) is 5.36. The SMILES string of the molecule is Cn1cccc1CN(Cc1ccccc1)C(=O)CN(C(=O)c1cccc(Cl)c1)C1CC1. The van der Waals surface area contributed by atoms with Crippen LogP contribution in [0.4, 0.5) is 0 Å². The molecule has 0 atom stereocenters. The summed E-state index contributed by atoms with van der Waals surface area (Å²) < 4.78 is 2.01. The van der Waals surface area contributed by atoms with E-state index in [-0.39, 0.29) is 24.4 Å². The zero-order valence-electron chi connectivity index (χ0n) is 17.6. The lowest BCUT2D eigenvalue weighted by Crippen LogP contribution is -2.43. The van der Waals surface area contributed by atoms with Crippen LogP contribution in [0.2, 0.25) is 5.02 Å². The van der Waals surface area contributed by atoms with Crippen LogP contribution >= 0.6 is 11.6 Å². The second kappa shape index (κ2) is 9.40. The standard InChI is InChI=1S/C25H26ClN3O2/c1-27-14-6-11-23(27)17-28(16-19-7-3-2-4-8-19)24(30)18-29(22-12-13-22)25(31)20-9-5-10-21(26)15-20/h2-11,14-15,22H,12-13,16-18H2,1H3. The van der Waals surface area contributed by atoms with Gasteiger partial charge in [-0.1, -0.05) is 48.0 Å². The summed E-state index contributed by atoms with van der Waals surface area (Å²) in [6.45, 7) is 1.04. The van der Waals surface area contributed by atoms with E-state index >= 15 is 0 Å². The largest absolute Gasteiger partial charge is 0.353 e. The van der Waals surface area contributed by atoms with E-state index in [4.69, 9.17) is 11.6 Å². The highest BCUT2D eigenvalue weighted by Gasteiger charge is 2.35. The van der Waals surface area contributed by atoms with Crippen molar-refractivity contribution in [2.45, 2.75) is 32.0 Å². The summed E-state index contributed by atoms with van der Waals surface area (Å²) in [5, 5.41) is 0.516. The smallest absolute Gasteiger partial charge is 0.254 e. The second-order valence-electron chi connectivity index (χ2n) is 8.02. The van der Waals surface area contributed by atoms with Gasteiger partial charge in [-0.3, -0.25) is 9.59 Å². The molecular weight excluding hydrogens is 410 g/mol. The van der Waals surface area contributed by atoms with Crippen molar-refractivity contribution in [1.82, 2.24) is 14.4 Å². The summed E-state index contributed by atoms with van der Waals surface area (Å²) in [6, 6.07) is 21.0. The van der Waals surface area contributed by atoms with Crippen molar-refractivity contribution < 1.29 is 9.59 Å². The fourth-order valence-electron chi connectivity index (χ4n) is 3.68. The Bertz CT molecular complexity index is 1060. The van der Waals surface area contributed by atoms with Crippen LogP contribution < -0.4 is 0 Å². The third-order valence-electron chi connectivity index (χ3n) is 5.60. The van der Waals surface area contributed by atoms with Gasteiger partial charge in [0.15, 0.2) is 0 Å². The number of rotatable bonds is 8. The van der Waals surface area contributed by atoms with Crippen LogP contribution in [0, 0.1) is 0 Å². The maximum atomic E-state index is 13.4. The van der Waals surface area contributed by atoms with Crippen LogP contribution in [0.3, 0.4) is 0 Å². The van der Waals surface area contributed by atoms with Gasteiger partial charge in [-0.25, -0.2) is 0 Å². The first-order valence-corrected chi connectivity index (χ1v) is 10.9. The third-order valence-corrected chi connectivity index (χ3v) is 5.83. The zero-order chi connectivity index (χ0) is 21.8. The van der Waals surface area contributed by atoms with E-state index in [1.54, 1.807) is 29.2 Å². The molecule has 0 radical (unpaired) electrons. The average molecular weight is 436 g/mol. The maximum absolute atomic E-state index is 13.4. The summed E-state index contributed by atoms with van der Waals surface area (Å²) >= 11 is 6.08. The van der Waals surface area contributed by atoms with Crippen molar-refractivity contribution in [3.8, 4) is 0 Å². The Hall–Kier alpha value is -3.05. The van der Waals surface area contributed by atoms with E-state index in [0.717, 1.165) is 24.1 Å². The van der Waals surface area contributed by atoms with Gasteiger partial charge in [0.25, 0.3) is 5.91 Å². The maximum Gasteiger partial charge on any atom is 0.254 e. The van der Waals surface area contributed by atoms with Crippen molar-refractivity contribution in [2.24, 2.45) is 7.05 Å². The molecule has 160 valence electrons. The predicted molar refractivity (Wildman–Crippen MR) is 122 cm³/mol. The normalized spacial score (nSPS) is 13.1. The number of aromatic nitrogens is 1. The number of aryl methyl sites for hydroxylation is 1. The summed E-state index contributed by atoms with van der Waals surface area (Å²) in [6.07, 6.45) is 3.83. The van der Waals surface area contributed by atoms with Crippen molar-refractivity contribution in [3.63, 3.8) is 0 Å². The summed E-state index contributed by atoms with van der Waals surface area (Å²) in [5.41, 5.74) is 2.62. The number of hydrogen-bond acceptors (Lipinski definition) is 2. The van der Waals surface area contributed by atoms with Gasteiger partial charge in [0.2, 0.25) is 5.91 Å². The van der Waals surface area contributed by atoms with Gasteiger partial charge in [0, 0.05) is 42.1 Å². The van der Waals surface area contributed by atoms with Crippen LogP contribution in [0.25, 0.3) is 0 Å². The highest BCUT2D eigenvalue weighted by molar-refractivity contribution is 6.31. The fraction of sp³-hybridized carbons (Fsp3) is 0.280. The molecule has 0 unspecified atom stereocenters. The van der Waals surface area contributed by atoms with Gasteiger partial charge in [-0.05, 0) is 48.7 Å². The molecule has 0 N–H and O–H groups in total. The molecule has 1 aliphatic rings. The summed E-state index contributed by atoms with van der Waals surface area (Å²) in [7, 11) is 1.97. The number of hydrogen-bond donors (Lipinski definition) is 0. The number of carbonyl (C=O) groups is 2. The Labute approximate surface area is 187 Å². The van der Waals surface area contributed by atoms with Gasteiger partial charge < -0.3 is 14.4 Å². The predicted octanol–water partition coefficient (Wildman–Crippen LogP) is 4.51. The molecule has 1 saturated carbocycles. The Kier molecular flexibility index (Phi) is 6.42. The van der Waals surface area contributed by atoms with Crippen molar-refractivity contribution in [3.05, 3.63) is 94.8 Å². The first-order valence-electron chi connectivity index (χ1n) is 10.5. The van der Waals surface area contributed by atoms with Crippen molar-refractivity contribution >= 4 is 23.4 Å². The van der Waals surface area contributed by atoms with E-state index in [1.165, 1.54) is 0 Å². The van der Waals surface area contributed by atoms with E-state index < -0.39 is 0 Å². The lowest BCUT2D eigenvalue weighted by atomic mass is 10.2. The number of nitrogens with zero attached hydrogens (tertiary/aromatic N) is 3. The number of halogens is 1. The average Bonchev–Trinajstić information content (AvgIpc) is 3.54. The van der Waals surface area contributed by atoms with Crippen molar-refractivity contribution in [2.75, 3.05) is 6.54 Å². The molecule has 5 nitrogen and oxygen atoms in total. The lowest BCUT2D eigenvalue weighted by Gasteiger charge is -2.28. The van der Waals surface area contributed by atoms with Gasteiger partial charge in [0.05, 0.1) is 6.54 Å². The van der Waals surface area contributed by atoms with Gasteiger partial charge in [-0.15, -0.1) is 0 Å². The van der Waals surface area contributed by atoms with E-state index in [0.29, 0.717) is 23.7 Å². The quantitative estimate of drug-likeness (QED) is 0.522. The number of benzene rings is 2. The second-order valence-corrected chi connectivity index (χ2v) is 8.46.